The number of carbonyl (C=O) groups excluding carboxylic acids is 1. The third kappa shape index (κ3) is 2.10. The molecule has 1 amide bonds. The van der Waals surface area contributed by atoms with Gasteiger partial charge in [-0.05, 0) is 17.2 Å². The van der Waals surface area contributed by atoms with E-state index in [0.717, 1.165) is 5.69 Å². The van der Waals surface area contributed by atoms with E-state index in [9.17, 15) is 9.90 Å². The number of nitrogens with zero attached hydrogens (tertiary/aromatic N) is 1. The maximum atomic E-state index is 12.5. The van der Waals surface area contributed by atoms with Gasteiger partial charge in [0.15, 0.2) is 6.10 Å². The third-order valence-corrected chi connectivity index (χ3v) is 3.83. The van der Waals surface area contributed by atoms with E-state index in [1.54, 1.807) is 17.0 Å². The summed E-state index contributed by atoms with van der Waals surface area (Å²) in [7, 11) is 0. The van der Waals surface area contributed by atoms with Crippen LogP contribution in [0.4, 0.5) is 5.69 Å². The van der Waals surface area contributed by atoms with E-state index in [4.69, 9.17) is 0 Å². The first-order chi connectivity index (χ1) is 9.68. The average molecular weight is 267 g/mol. The van der Waals surface area contributed by atoms with Crippen LogP contribution in [0.2, 0.25) is 0 Å². The first kappa shape index (κ1) is 12.9. The molecule has 0 saturated heterocycles. The van der Waals surface area contributed by atoms with Gasteiger partial charge in [0.1, 0.15) is 0 Å². The molecule has 0 saturated carbocycles. The lowest BCUT2D eigenvalue weighted by Crippen LogP contribution is -2.34. The fourth-order valence-corrected chi connectivity index (χ4v) is 2.75. The summed E-state index contributed by atoms with van der Waals surface area (Å²) in [6.45, 7) is 2.73. The molecule has 0 radical (unpaired) electrons. The molecular weight excluding hydrogens is 250 g/mol. The molecule has 2 unspecified atom stereocenters. The molecule has 0 fully saturated rings. The summed E-state index contributed by atoms with van der Waals surface area (Å²) in [5, 5.41) is 10.3. The number of hydrogen-bond donors (Lipinski definition) is 1. The Morgan fingerprint density at radius 1 is 1.15 bits per heavy atom. The molecule has 2 atom stereocenters. The van der Waals surface area contributed by atoms with E-state index in [1.165, 1.54) is 5.56 Å². The van der Waals surface area contributed by atoms with Crippen molar-refractivity contribution in [3.8, 4) is 0 Å². The summed E-state index contributed by atoms with van der Waals surface area (Å²) in [5.41, 5.74) is 2.72. The number of aliphatic hydroxyl groups is 1. The maximum Gasteiger partial charge on any atom is 0.260 e. The van der Waals surface area contributed by atoms with Gasteiger partial charge in [0.05, 0.1) is 0 Å². The monoisotopic (exact) mass is 267 g/mol. The van der Waals surface area contributed by atoms with E-state index < -0.39 is 6.10 Å². The highest BCUT2D eigenvalue weighted by Gasteiger charge is 2.33. The molecule has 1 heterocycles. The molecule has 3 heteroatoms. The van der Waals surface area contributed by atoms with Crippen molar-refractivity contribution in [2.24, 2.45) is 0 Å². The molecule has 3 nitrogen and oxygen atoms in total. The quantitative estimate of drug-likeness (QED) is 0.909. The second-order valence-corrected chi connectivity index (χ2v) is 5.22. The minimum atomic E-state index is -1.10. The Balaban J connectivity index is 1.89. The molecule has 0 spiro atoms. The fraction of sp³-hybridized carbons (Fsp3) is 0.235. The van der Waals surface area contributed by atoms with Gasteiger partial charge in [-0.25, -0.2) is 0 Å². The standard InChI is InChI=1S/C17H17NO2/c1-12-11-18(15-10-6-5-9-14(12)15)17(20)16(19)13-7-3-2-4-8-13/h2-10,12,16,19H,11H2,1H3. The Bertz CT molecular complexity index is 624. The van der Waals surface area contributed by atoms with Gasteiger partial charge in [-0.2, -0.15) is 0 Å². The van der Waals surface area contributed by atoms with E-state index in [1.807, 2.05) is 42.5 Å². The van der Waals surface area contributed by atoms with Crippen LogP contribution in [0.15, 0.2) is 54.6 Å². The minimum absolute atomic E-state index is 0.256. The second-order valence-electron chi connectivity index (χ2n) is 5.22. The first-order valence-corrected chi connectivity index (χ1v) is 6.82. The predicted molar refractivity (Wildman–Crippen MR) is 78.6 cm³/mol. The summed E-state index contributed by atoms with van der Waals surface area (Å²) in [6, 6.07) is 17.0. The Hall–Kier alpha value is -2.13. The predicted octanol–water partition coefficient (Wildman–Crippen LogP) is 2.87. The van der Waals surface area contributed by atoms with Crippen molar-refractivity contribution in [2.45, 2.75) is 18.9 Å². The number of fused-ring (bicyclic) bond motifs is 1. The normalized spacial score (nSPS) is 18.7. The topological polar surface area (TPSA) is 40.5 Å². The zero-order valence-corrected chi connectivity index (χ0v) is 11.4. The molecule has 20 heavy (non-hydrogen) atoms. The van der Waals surface area contributed by atoms with Crippen molar-refractivity contribution in [2.75, 3.05) is 11.4 Å². The number of carbonyl (C=O) groups is 1. The van der Waals surface area contributed by atoms with Gasteiger partial charge in [-0.15, -0.1) is 0 Å². The molecule has 0 aliphatic carbocycles. The molecule has 2 aromatic rings. The SMILES string of the molecule is CC1CN(C(=O)C(O)c2ccccc2)c2ccccc21. The van der Waals surface area contributed by atoms with Gasteiger partial charge in [0.25, 0.3) is 5.91 Å². The lowest BCUT2D eigenvalue weighted by molar-refractivity contribution is -0.126. The average Bonchev–Trinajstić information content (AvgIpc) is 2.84. The van der Waals surface area contributed by atoms with Crippen molar-refractivity contribution >= 4 is 11.6 Å². The zero-order valence-electron chi connectivity index (χ0n) is 11.4. The summed E-state index contributed by atoms with van der Waals surface area (Å²) in [5.74, 6) is 0.0473. The van der Waals surface area contributed by atoms with Crippen LogP contribution >= 0.6 is 0 Å². The van der Waals surface area contributed by atoms with Gasteiger partial charge in [0, 0.05) is 18.2 Å². The van der Waals surface area contributed by atoms with E-state index >= 15 is 0 Å². The Labute approximate surface area is 118 Å². The number of rotatable bonds is 2. The number of aliphatic hydroxyl groups excluding tert-OH is 1. The van der Waals surface area contributed by atoms with Crippen LogP contribution in [0.25, 0.3) is 0 Å². The Kier molecular flexibility index (Phi) is 3.28. The highest BCUT2D eigenvalue weighted by molar-refractivity contribution is 5.99. The molecule has 1 aliphatic rings. The fourth-order valence-electron chi connectivity index (χ4n) is 2.75. The van der Waals surface area contributed by atoms with Gasteiger partial charge < -0.3 is 10.0 Å². The van der Waals surface area contributed by atoms with E-state index in [0.29, 0.717) is 18.0 Å². The number of amides is 1. The molecular formula is C17H17NO2. The van der Waals surface area contributed by atoms with Gasteiger partial charge in [-0.1, -0.05) is 55.5 Å². The van der Waals surface area contributed by atoms with Crippen LogP contribution in [0.5, 0.6) is 0 Å². The summed E-state index contributed by atoms with van der Waals surface area (Å²) in [6.07, 6.45) is -1.10. The first-order valence-electron chi connectivity index (χ1n) is 6.82. The number of hydrogen-bond acceptors (Lipinski definition) is 2. The number of benzene rings is 2. The van der Waals surface area contributed by atoms with Gasteiger partial charge >= 0.3 is 0 Å². The Morgan fingerprint density at radius 3 is 2.55 bits per heavy atom. The van der Waals surface area contributed by atoms with Gasteiger partial charge in [0.2, 0.25) is 0 Å². The second kappa shape index (κ2) is 5.10. The van der Waals surface area contributed by atoms with Crippen molar-refractivity contribution < 1.29 is 9.90 Å². The molecule has 0 bridgehead atoms. The molecule has 102 valence electrons. The van der Waals surface area contributed by atoms with E-state index in [2.05, 4.69) is 6.92 Å². The van der Waals surface area contributed by atoms with Crippen molar-refractivity contribution in [1.29, 1.82) is 0 Å². The molecule has 0 aromatic heterocycles. The summed E-state index contributed by atoms with van der Waals surface area (Å²) in [4.78, 5) is 14.2. The largest absolute Gasteiger partial charge is 0.378 e. The smallest absolute Gasteiger partial charge is 0.260 e. The van der Waals surface area contributed by atoms with Crippen molar-refractivity contribution in [3.05, 3.63) is 65.7 Å². The van der Waals surface area contributed by atoms with Crippen LogP contribution in [0, 0.1) is 0 Å². The number of para-hydroxylation sites is 1. The van der Waals surface area contributed by atoms with Crippen LogP contribution in [0.3, 0.4) is 0 Å². The van der Waals surface area contributed by atoms with Crippen LogP contribution in [0.1, 0.15) is 30.1 Å². The zero-order chi connectivity index (χ0) is 14.1. The summed E-state index contributed by atoms with van der Waals surface area (Å²) < 4.78 is 0. The molecule has 1 N–H and O–H groups in total. The minimum Gasteiger partial charge on any atom is -0.378 e. The van der Waals surface area contributed by atoms with Gasteiger partial charge in [-0.3, -0.25) is 4.79 Å². The van der Waals surface area contributed by atoms with Crippen LogP contribution in [-0.4, -0.2) is 17.6 Å². The Morgan fingerprint density at radius 2 is 1.80 bits per heavy atom. The molecule has 2 aromatic carbocycles. The lowest BCUT2D eigenvalue weighted by Gasteiger charge is -2.21. The summed E-state index contributed by atoms with van der Waals surface area (Å²) >= 11 is 0. The van der Waals surface area contributed by atoms with Crippen LogP contribution < -0.4 is 4.90 Å². The lowest BCUT2D eigenvalue weighted by atomic mass is 10.0. The highest BCUT2D eigenvalue weighted by atomic mass is 16.3. The number of anilines is 1. The molecule has 3 rings (SSSR count). The highest BCUT2D eigenvalue weighted by Crippen LogP contribution is 2.37. The van der Waals surface area contributed by atoms with Crippen molar-refractivity contribution in [3.63, 3.8) is 0 Å². The van der Waals surface area contributed by atoms with Crippen LogP contribution in [-0.2, 0) is 4.79 Å². The third-order valence-electron chi connectivity index (χ3n) is 3.83. The maximum absolute atomic E-state index is 12.5. The van der Waals surface area contributed by atoms with E-state index in [-0.39, 0.29) is 5.91 Å². The molecule has 1 aliphatic heterocycles. The van der Waals surface area contributed by atoms with Crippen molar-refractivity contribution in [1.82, 2.24) is 0 Å².